The summed E-state index contributed by atoms with van der Waals surface area (Å²) in [5, 5.41) is 2.97. The fraction of sp³-hybridized carbons (Fsp3) is 0.333. The summed E-state index contributed by atoms with van der Waals surface area (Å²) < 4.78 is 14.0. The Morgan fingerprint density at radius 2 is 2.31 bits per heavy atom. The van der Waals surface area contributed by atoms with Crippen LogP contribution in [-0.2, 0) is 0 Å². The van der Waals surface area contributed by atoms with Gasteiger partial charge in [-0.25, -0.2) is 4.39 Å². The number of halogens is 2. The van der Waals surface area contributed by atoms with Crippen molar-refractivity contribution in [3.8, 4) is 0 Å². The van der Waals surface area contributed by atoms with Crippen LogP contribution in [0.15, 0.2) is 22.7 Å². The summed E-state index contributed by atoms with van der Waals surface area (Å²) in [4.78, 5) is 0. The maximum atomic E-state index is 13.1. The lowest BCUT2D eigenvalue weighted by molar-refractivity contribution is 0.626. The van der Waals surface area contributed by atoms with Gasteiger partial charge in [-0.15, -0.1) is 0 Å². The molecule has 1 aromatic rings. The molecule has 0 bridgehead atoms. The van der Waals surface area contributed by atoms with Crippen LogP contribution in [0.4, 0.5) is 10.1 Å². The van der Waals surface area contributed by atoms with Crippen molar-refractivity contribution in [3.05, 3.63) is 28.5 Å². The topological polar surface area (TPSA) is 38.0 Å². The van der Waals surface area contributed by atoms with Gasteiger partial charge in [0.2, 0.25) is 0 Å². The Morgan fingerprint density at radius 1 is 1.62 bits per heavy atom. The second-order valence-electron chi connectivity index (χ2n) is 2.91. The molecule has 0 spiro atoms. The highest BCUT2D eigenvalue weighted by Gasteiger charge is 2.04. The summed E-state index contributed by atoms with van der Waals surface area (Å²) in [6, 6.07) is 4.84. The molecule has 0 aliphatic rings. The number of hydrogen-bond donors (Lipinski definition) is 2. The molecule has 0 heterocycles. The van der Waals surface area contributed by atoms with E-state index in [-0.39, 0.29) is 11.9 Å². The molecular formula is C9H12BrFN2. The van der Waals surface area contributed by atoms with E-state index in [1.165, 1.54) is 6.07 Å². The highest BCUT2D eigenvalue weighted by molar-refractivity contribution is 9.10. The summed E-state index contributed by atoms with van der Waals surface area (Å²) in [6.45, 7) is 2.38. The van der Waals surface area contributed by atoms with E-state index in [0.29, 0.717) is 12.2 Å². The third kappa shape index (κ3) is 2.97. The largest absolute Gasteiger partial charge is 0.379 e. The molecule has 4 heteroatoms. The first-order valence-corrected chi connectivity index (χ1v) is 4.84. The van der Waals surface area contributed by atoms with Gasteiger partial charge < -0.3 is 11.1 Å². The molecule has 2 nitrogen and oxygen atoms in total. The molecule has 3 N–H and O–H groups in total. The fourth-order valence-electron chi connectivity index (χ4n) is 0.932. The molecule has 0 aliphatic heterocycles. The number of nitrogens with one attached hydrogen (secondary N) is 1. The van der Waals surface area contributed by atoms with Gasteiger partial charge in [0.25, 0.3) is 0 Å². The maximum Gasteiger partial charge on any atom is 0.146 e. The van der Waals surface area contributed by atoms with Crippen LogP contribution in [0.1, 0.15) is 6.92 Å². The number of anilines is 1. The van der Waals surface area contributed by atoms with Gasteiger partial charge >= 0.3 is 0 Å². The van der Waals surface area contributed by atoms with E-state index in [2.05, 4.69) is 21.2 Å². The van der Waals surface area contributed by atoms with Crippen LogP contribution < -0.4 is 11.1 Å². The zero-order chi connectivity index (χ0) is 9.84. The van der Waals surface area contributed by atoms with Crippen LogP contribution in [0.25, 0.3) is 0 Å². The second kappa shape index (κ2) is 4.58. The lowest BCUT2D eigenvalue weighted by Gasteiger charge is -2.13. The minimum absolute atomic E-state index is 0.0730. The van der Waals surface area contributed by atoms with Gasteiger partial charge in [-0.05, 0) is 25.1 Å². The number of hydrogen-bond acceptors (Lipinski definition) is 2. The highest BCUT2D eigenvalue weighted by atomic mass is 79.9. The molecule has 0 saturated carbocycles. The van der Waals surface area contributed by atoms with E-state index in [9.17, 15) is 4.39 Å². The zero-order valence-electron chi connectivity index (χ0n) is 7.35. The van der Waals surface area contributed by atoms with Gasteiger partial charge in [0.1, 0.15) is 5.82 Å². The molecule has 0 saturated heterocycles. The van der Waals surface area contributed by atoms with Gasteiger partial charge in [-0.3, -0.25) is 0 Å². The molecule has 13 heavy (non-hydrogen) atoms. The van der Waals surface area contributed by atoms with Crippen molar-refractivity contribution in [1.29, 1.82) is 0 Å². The summed E-state index contributed by atoms with van der Waals surface area (Å²) in [6.07, 6.45) is 0. The Labute approximate surface area is 85.4 Å². The summed E-state index contributed by atoms with van der Waals surface area (Å²) >= 11 is 3.27. The van der Waals surface area contributed by atoms with Crippen molar-refractivity contribution < 1.29 is 4.39 Å². The lowest BCUT2D eigenvalue weighted by atomic mass is 10.2. The average Bonchev–Trinajstić information content (AvgIpc) is 2.11. The fourth-order valence-corrected chi connectivity index (χ4v) is 1.29. The van der Waals surface area contributed by atoms with Crippen LogP contribution >= 0.6 is 15.9 Å². The quantitative estimate of drug-likeness (QED) is 0.860. The van der Waals surface area contributed by atoms with Gasteiger partial charge in [0, 0.05) is 17.1 Å². The van der Waals surface area contributed by atoms with Gasteiger partial charge in [0.05, 0.1) is 5.69 Å². The number of nitrogens with two attached hydrogens (primary N) is 1. The molecule has 0 fully saturated rings. The molecule has 0 amide bonds. The van der Waals surface area contributed by atoms with E-state index in [0.717, 1.165) is 4.47 Å². The van der Waals surface area contributed by atoms with Crippen LogP contribution in [-0.4, -0.2) is 12.6 Å². The minimum atomic E-state index is -0.261. The summed E-state index contributed by atoms with van der Waals surface area (Å²) in [7, 11) is 0. The maximum absolute atomic E-state index is 13.1. The first kappa shape index (κ1) is 10.5. The SMILES string of the molecule is CC(CN)Nc1cc(Br)ccc1F. The monoisotopic (exact) mass is 246 g/mol. The van der Waals surface area contributed by atoms with Crippen molar-refractivity contribution >= 4 is 21.6 Å². The molecule has 0 aliphatic carbocycles. The summed E-state index contributed by atoms with van der Waals surface area (Å²) in [5.41, 5.74) is 5.89. The van der Waals surface area contributed by atoms with Crippen molar-refractivity contribution in [1.82, 2.24) is 0 Å². The predicted octanol–water partition coefficient (Wildman–Crippen LogP) is 2.35. The highest BCUT2D eigenvalue weighted by Crippen LogP contribution is 2.20. The van der Waals surface area contributed by atoms with Gasteiger partial charge in [0.15, 0.2) is 0 Å². The molecule has 0 radical (unpaired) electrons. The lowest BCUT2D eigenvalue weighted by Crippen LogP contribution is -2.25. The molecular weight excluding hydrogens is 235 g/mol. The van der Waals surface area contributed by atoms with Crippen molar-refractivity contribution in [2.75, 3.05) is 11.9 Å². The van der Waals surface area contributed by atoms with E-state index in [1.807, 2.05) is 6.92 Å². The van der Waals surface area contributed by atoms with E-state index >= 15 is 0 Å². The van der Waals surface area contributed by atoms with Crippen LogP contribution in [0.5, 0.6) is 0 Å². The second-order valence-corrected chi connectivity index (χ2v) is 3.82. The Kier molecular flexibility index (Phi) is 3.69. The third-order valence-electron chi connectivity index (χ3n) is 1.68. The molecule has 1 aromatic carbocycles. The van der Waals surface area contributed by atoms with E-state index in [4.69, 9.17) is 5.73 Å². The zero-order valence-corrected chi connectivity index (χ0v) is 8.94. The van der Waals surface area contributed by atoms with Crippen molar-refractivity contribution in [3.63, 3.8) is 0 Å². The average molecular weight is 247 g/mol. The van der Waals surface area contributed by atoms with Gasteiger partial charge in [-0.2, -0.15) is 0 Å². The number of rotatable bonds is 3. The Morgan fingerprint density at radius 3 is 2.92 bits per heavy atom. The smallest absolute Gasteiger partial charge is 0.146 e. The van der Waals surface area contributed by atoms with Gasteiger partial charge in [-0.1, -0.05) is 15.9 Å². The van der Waals surface area contributed by atoms with E-state index in [1.54, 1.807) is 12.1 Å². The van der Waals surface area contributed by atoms with Crippen molar-refractivity contribution in [2.24, 2.45) is 5.73 Å². The Hall–Kier alpha value is -0.610. The minimum Gasteiger partial charge on any atom is -0.379 e. The molecule has 1 rings (SSSR count). The predicted molar refractivity (Wildman–Crippen MR) is 56.2 cm³/mol. The standard InChI is InChI=1S/C9H12BrFN2/c1-6(5-12)13-9-4-7(10)2-3-8(9)11/h2-4,6,13H,5,12H2,1H3. The summed E-state index contributed by atoms with van der Waals surface area (Å²) in [5.74, 6) is -0.261. The first-order chi connectivity index (χ1) is 6.13. The first-order valence-electron chi connectivity index (χ1n) is 4.05. The Balaban J connectivity index is 2.81. The van der Waals surface area contributed by atoms with E-state index < -0.39 is 0 Å². The Bertz CT molecular complexity index is 291. The number of benzene rings is 1. The van der Waals surface area contributed by atoms with Crippen LogP contribution in [0.3, 0.4) is 0 Å². The normalized spacial score (nSPS) is 12.6. The molecule has 1 atom stereocenters. The van der Waals surface area contributed by atoms with Crippen LogP contribution in [0.2, 0.25) is 0 Å². The molecule has 0 aromatic heterocycles. The molecule has 1 unspecified atom stereocenters. The third-order valence-corrected chi connectivity index (χ3v) is 2.18. The van der Waals surface area contributed by atoms with Crippen LogP contribution in [0, 0.1) is 5.82 Å². The molecule has 72 valence electrons. The van der Waals surface area contributed by atoms with Crippen molar-refractivity contribution in [2.45, 2.75) is 13.0 Å².